The molecule has 0 heterocycles. The van der Waals surface area contributed by atoms with Gasteiger partial charge < -0.3 is 10.4 Å². The Morgan fingerprint density at radius 1 is 1.44 bits per heavy atom. The van der Waals surface area contributed by atoms with Crippen molar-refractivity contribution in [2.75, 3.05) is 5.32 Å². The summed E-state index contributed by atoms with van der Waals surface area (Å²) >= 11 is 3.30. The molecule has 94 valence electrons. The second kappa shape index (κ2) is 4.99. The topological polar surface area (TPSA) is 73.1 Å². The lowest BCUT2D eigenvalue weighted by Crippen LogP contribution is -2.43. The number of hydrogen-bond donors (Lipinski definition) is 2. The number of anilines is 1. The number of aliphatic carboxylic acids is 1. The first-order chi connectivity index (χ1) is 8.57. The van der Waals surface area contributed by atoms with E-state index in [2.05, 4.69) is 27.3 Å². The second-order valence-corrected chi connectivity index (χ2v) is 5.44. The lowest BCUT2D eigenvalue weighted by molar-refractivity contribution is -0.142. The molecule has 5 heteroatoms. The summed E-state index contributed by atoms with van der Waals surface area (Å²) < 4.78 is 0.806. The van der Waals surface area contributed by atoms with E-state index in [1.54, 1.807) is 18.2 Å². The van der Waals surface area contributed by atoms with Gasteiger partial charge in [0.15, 0.2) is 0 Å². The maximum Gasteiger partial charge on any atom is 0.329 e. The fourth-order valence-electron chi connectivity index (χ4n) is 2.35. The summed E-state index contributed by atoms with van der Waals surface area (Å²) in [6.07, 6.45) is 3.00. The van der Waals surface area contributed by atoms with Crippen molar-refractivity contribution in [1.82, 2.24) is 0 Å². The molecule has 2 rings (SSSR count). The normalized spacial score (nSPS) is 17.1. The summed E-state index contributed by atoms with van der Waals surface area (Å²) in [5, 5.41) is 21.5. The highest BCUT2D eigenvalue weighted by molar-refractivity contribution is 9.10. The number of hydrogen-bond acceptors (Lipinski definition) is 3. The Kier molecular flexibility index (Phi) is 3.58. The zero-order valence-electron chi connectivity index (χ0n) is 9.74. The van der Waals surface area contributed by atoms with E-state index in [1.165, 1.54) is 0 Å². The van der Waals surface area contributed by atoms with Crippen molar-refractivity contribution in [2.45, 2.75) is 31.2 Å². The van der Waals surface area contributed by atoms with Crippen LogP contribution < -0.4 is 5.32 Å². The molecule has 1 aliphatic carbocycles. The van der Waals surface area contributed by atoms with E-state index < -0.39 is 11.5 Å². The molecule has 1 aromatic rings. The van der Waals surface area contributed by atoms with Crippen LogP contribution in [0.1, 0.15) is 31.2 Å². The minimum absolute atomic E-state index is 0.455. The number of carbonyl (C=O) groups is 1. The van der Waals surface area contributed by atoms with Gasteiger partial charge in [0.05, 0.1) is 11.3 Å². The van der Waals surface area contributed by atoms with E-state index in [0.29, 0.717) is 24.1 Å². The molecule has 1 aliphatic rings. The van der Waals surface area contributed by atoms with Gasteiger partial charge in [0.2, 0.25) is 0 Å². The third-order valence-corrected chi connectivity index (χ3v) is 3.84. The fourth-order valence-corrected chi connectivity index (χ4v) is 2.71. The van der Waals surface area contributed by atoms with Gasteiger partial charge in [-0.1, -0.05) is 28.8 Å². The van der Waals surface area contributed by atoms with E-state index in [-0.39, 0.29) is 0 Å². The first kappa shape index (κ1) is 12.9. The molecule has 0 aromatic heterocycles. The predicted octanol–water partition coefficient (Wildman–Crippen LogP) is 3.13. The van der Waals surface area contributed by atoms with Crippen molar-refractivity contribution in [2.24, 2.45) is 0 Å². The van der Waals surface area contributed by atoms with Gasteiger partial charge in [-0.15, -0.1) is 0 Å². The number of benzene rings is 1. The summed E-state index contributed by atoms with van der Waals surface area (Å²) in [5.74, 6) is -0.841. The molecule has 0 unspecified atom stereocenters. The molecule has 1 saturated carbocycles. The van der Waals surface area contributed by atoms with Gasteiger partial charge in [0, 0.05) is 4.47 Å². The SMILES string of the molecule is N#Cc1cc(Br)ccc1NC1(C(=O)O)CCCC1. The van der Waals surface area contributed by atoms with Crippen molar-refractivity contribution in [3.63, 3.8) is 0 Å². The van der Waals surface area contributed by atoms with Crippen LogP contribution in [-0.2, 0) is 4.79 Å². The summed E-state index contributed by atoms with van der Waals surface area (Å²) in [6.45, 7) is 0. The monoisotopic (exact) mass is 308 g/mol. The van der Waals surface area contributed by atoms with Crippen molar-refractivity contribution in [3.8, 4) is 6.07 Å². The van der Waals surface area contributed by atoms with Gasteiger partial charge in [-0.3, -0.25) is 0 Å². The largest absolute Gasteiger partial charge is 0.480 e. The van der Waals surface area contributed by atoms with Crippen LogP contribution in [-0.4, -0.2) is 16.6 Å². The number of nitrogens with one attached hydrogen (secondary N) is 1. The third kappa shape index (κ3) is 2.34. The van der Waals surface area contributed by atoms with Gasteiger partial charge in [-0.05, 0) is 31.0 Å². The van der Waals surface area contributed by atoms with Crippen LogP contribution in [0.3, 0.4) is 0 Å². The van der Waals surface area contributed by atoms with Crippen LogP contribution in [0, 0.1) is 11.3 Å². The minimum atomic E-state index is -0.917. The third-order valence-electron chi connectivity index (χ3n) is 3.34. The Labute approximate surface area is 114 Å². The van der Waals surface area contributed by atoms with E-state index in [9.17, 15) is 9.90 Å². The molecule has 2 N–H and O–H groups in total. The van der Waals surface area contributed by atoms with E-state index in [1.807, 2.05) is 0 Å². The van der Waals surface area contributed by atoms with Crippen molar-refractivity contribution < 1.29 is 9.90 Å². The maximum atomic E-state index is 11.4. The van der Waals surface area contributed by atoms with E-state index in [0.717, 1.165) is 17.3 Å². The molecular weight excluding hydrogens is 296 g/mol. The molecule has 0 spiro atoms. The van der Waals surface area contributed by atoms with Gasteiger partial charge >= 0.3 is 5.97 Å². The quantitative estimate of drug-likeness (QED) is 0.899. The first-order valence-electron chi connectivity index (χ1n) is 5.79. The lowest BCUT2D eigenvalue weighted by atomic mass is 9.96. The first-order valence-corrected chi connectivity index (χ1v) is 6.58. The fraction of sp³-hybridized carbons (Fsp3) is 0.385. The van der Waals surface area contributed by atoms with Gasteiger partial charge in [-0.25, -0.2) is 4.79 Å². The number of rotatable bonds is 3. The minimum Gasteiger partial charge on any atom is -0.480 e. The summed E-state index contributed by atoms with van der Waals surface area (Å²) in [5.41, 5.74) is 0.126. The van der Waals surface area contributed by atoms with Crippen molar-refractivity contribution in [1.29, 1.82) is 5.26 Å². The molecule has 0 radical (unpaired) electrons. The molecule has 0 amide bonds. The van der Waals surface area contributed by atoms with Crippen molar-refractivity contribution in [3.05, 3.63) is 28.2 Å². The Hall–Kier alpha value is -1.54. The highest BCUT2D eigenvalue weighted by Crippen LogP contribution is 2.34. The zero-order valence-corrected chi connectivity index (χ0v) is 11.3. The Morgan fingerprint density at radius 3 is 2.67 bits per heavy atom. The average Bonchev–Trinajstić information content (AvgIpc) is 2.81. The van der Waals surface area contributed by atoms with Gasteiger partial charge in [0.1, 0.15) is 11.6 Å². The van der Waals surface area contributed by atoms with E-state index in [4.69, 9.17) is 5.26 Å². The number of nitriles is 1. The Morgan fingerprint density at radius 2 is 2.11 bits per heavy atom. The molecular formula is C13H13BrN2O2. The predicted molar refractivity (Wildman–Crippen MR) is 71.3 cm³/mol. The van der Waals surface area contributed by atoms with Crippen LogP contribution in [0.25, 0.3) is 0 Å². The molecule has 4 nitrogen and oxygen atoms in total. The summed E-state index contributed by atoms with van der Waals surface area (Å²) in [7, 11) is 0. The smallest absolute Gasteiger partial charge is 0.329 e. The number of carboxylic acid groups (broad SMARTS) is 1. The molecule has 18 heavy (non-hydrogen) atoms. The zero-order chi connectivity index (χ0) is 13.2. The Bertz CT molecular complexity index is 516. The number of halogens is 1. The summed E-state index contributed by atoms with van der Waals surface area (Å²) in [4.78, 5) is 11.4. The molecule has 0 saturated heterocycles. The standard InChI is InChI=1S/C13H13BrN2O2/c14-10-3-4-11(9(7-10)8-15)16-13(12(17)18)5-1-2-6-13/h3-4,7,16H,1-2,5-6H2,(H,17,18). The molecule has 1 aromatic carbocycles. The second-order valence-electron chi connectivity index (χ2n) is 4.52. The number of nitrogens with zero attached hydrogens (tertiary/aromatic N) is 1. The van der Waals surface area contributed by atoms with Crippen LogP contribution in [0.2, 0.25) is 0 Å². The summed E-state index contributed by atoms with van der Waals surface area (Å²) in [6, 6.07) is 7.31. The molecule has 1 fully saturated rings. The molecule has 0 atom stereocenters. The van der Waals surface area contributed by atoms with Gasteiger partial charge in [-0.2, -0.15) is 5.26 Å². The maximum absolute atomic E-state index is 11.4. The highest BCUT2D eigenvalue weighted by atomic mass is 79.9. The van der Waals surface area contributed by atoms with E-state index >= 15 is 0 Å². The van der Waals surface area contributed by atoms with Crippen LogP contribution in [0.15, 0.2) is 22.7 Å². The molecule has 0 bridgehead atoms. The van der Waals surface area contributed by atoms with Crippen LogP contribution >= 0.6 is 15.9 Å². The Balaban J connectivity index is 2.33. The van der Waals surface area contributed by atoms with Crippen LogP contribution in [0.4, 0.5) is 5.69 Å². The number of carboxylic acids is 1. The lowest BCUT2D eigenvalue weighted by Gasteiger charge is -2.27. The average molecular weight is 309 g/mol. The van der Waals surface area contributed by atoms with Crippen LogP contribution in [0.5, 0.6) is 0 Å². The highest BCUT2D eigenvalue weighted by Gasteiger charge is 2.41. The molecule has 0 aliphatic heterocycles. The van der Waals surface area contributed by atoms with Gasteiger partial charge in [0.25, 0.3) is 0 Å². The van der Waals surface area contributed by atoms with Crippen molar-refractivity contribution >= 4 is 27.6 Å².